The summed E-state index contributed by atoms with van der Waals surface area (Å²) in [5.41, 5.74) is 1.79. The molecule has 4 rings (SSSR count). The van der Waals surface area contributed by atoms with Crippen molar-refractivity contribution in [1.29, 1.82) is 0 Å². The van der Waals surface area contributed by atoms with Crippen LogP contribution in [0, 0.1) is 6.92 Å². The molecule has 6 nitrogen and oxygen atoms in total. The molecule has 0 saturated heterocycles. The smallest absolute Gasteiger partial charge is 0.317 e. The zero-order valence-electron chi connectivity index (χ0n) is 14.1. The molecule has 2 heterocycles. The maximum Gasteiger partial charge on any atom is 0.317 e. The van der Waals surface area contributed by atoms with E-state index in [-0.39, 0.29) is 18.4 Å². The summed E-state index contributed by atoms with van der Waals surface area (Å²) in [5.74, 6) is 0.384. The third-order valence-electron chi connectivity index (χ3n) is 4.40. The van der Waals surface area contributed by atoms with E-state index in [9.17, 15) is 14.4 Å². The number of nitrogens with one attached hydrogen (secondary N) is 2. The summed E-state index contributed by atoms with van der Waals surface area (Å²) in [7, 11) is 0. The molecule has 0 radical (unpaired) electrons. The van der Waals surface area contributed by atoms with Gasteiger partial charge in [-0.2, -0.15) is 0 Å². The van der Waals surface area contributed by atoms with Crippen LogP contribution in [-0.2, 0) is 4.79 Å². The maximum atomic E-state index is 12.5. The van der Waals surface area contributed by atoms with E-state index in [1.54, 1.807) is 11.8 Å². The average Bonchev–Trinajstić information content (AvgIpc) is 2.61. The van der Waals surface area contributed by atoms with Crippen molar-refractivity contribution in [2.24, 2.45) is 0 Å². The number of carbonyl (C=O) groups is 1. The predicted octanol–water partition coefficient (Wildman–Crippen LogP) is 2.67. The molecule has 1 amide bonds. The number of nitrogens with zero attached hydrogens (tertiary/aromatic N) is 1. The van der Waals surface area contributed by atoms with Crippen LogP contribution >= 0.6 is 11.8 Å². The molecule has 7 heteroatoms. The molecular weight excluding hydrogens is 350 g/mol. The van der Waals surface area contributed by atoms with Gasteiger partial charge < -0.3 is 10.3 Å². The van der Waals surface area contributed by atoms with Gasteiger partial charge in [0.1, 0.15) is 0 Å². The van der Waals surface area contributed by atoms with Crippen LogP contribution in [0.15, 0.2) is 56.9 Å². The van der Waals surface area contributed by atoms with Crippen LogP contribution in [-0.4, -0.2) is 21.2 Å². The largest absolute Gasteiger partial charge is 0.326 e. The van der Waals surface area contributed by atoms with E-state index in [0.717, 1.165) is 10.5 Å². The van der Waals surface area contributed by atoms with Crippen LogP contribution in [0.25, 0.3) is 11.0 Å². The number of carbonyl (C=O) groups excluding carboxylic acids is 1. The van der Waals surface area contributed by atoms with Crippen molar-refractivity contribution in [3.8, 4) is 0 Å². The number of thioether (sulfide) groups is 1. The van der Waals surface area contributed by atoms with Crippen LogP contribution in [0.4, 0.5) is 5.69 Å². The number of rotatable bonds is 3. The normalized spacial score (nSPS) is 15.8. The van der Waals surface area contributed by atoms with Gasteiger partial charge in [0.2, 0.25) is 5.91 Å². The van der Waals surface area contributed by atoms with E-state index in [1.807, 2.05) is 49.4 Å². The lowest BCUT2D eigenvalue weighted by molar-refractivity contribution is -0.116. The van der Waals surface area contributed by atoms with E-state index in [4.69, 9.17) is 0 Å². The molecule has 2 aromatic carbocycles. The van der Waals surface area contributed by atoms with Gasteiger partial charge in [-0.05, 0) is 36.8 Å². The van der Waals surface area contributed by atoms with Crippen molar-refractivity contribution < 1.29 is 4.79 Å². The fourth-order valence-corrected chi connectivity index (χ4v) is 4.55. The molecule has 0 aliphatic carbocycles. The fraction of sp³-hybridized carbons (Fsp3) is 0.211. The number of H-pyrrole nitrogens is 1. The van der Waals surface area contributed by atoms with Gasteiger partial charge in [0, 0.05) is 22.8 Å². The van der Waals surface area contributed by atoms with Gasteiger partial charge >= 0.3 is 11.1 Å². The number of hydrogen-bond acceptors (Lipinski definition) is 4. The summed E-state index contributed by atoms with van der Waals surface area (Å²) >= 11 is 1.60. The molecule has 3 aromatic rings. The highest BCUT2D eigenvalue weighted by Gasteiger charge is 2.26. The highest BCUT2D eigenvalue weighted by molar-refractivity contribution is 7.99. The lowest BCUT2D eigenvalue weighted by Crippen LogP contribution is -2.41. The standard InChI is InChI=1S/C19H17N3O3S/c1-11-7-14-17-15(8-11)26-10-13(22(17)19(25)18(24)21-14)9-16(23)20-12-5-3-2-4-6-12/h2-8,13H,9-10H2,1H3,(H,20,23)(H,21,24). The van der Waals surface area contributed by atoms with Gasteiger partial charge in [0.15, 0.2) is 0 Å². The third-order valence-corrected chi connectivity index (χ3v) is 5.57. The molecule has 1 aliphatic heterocycles. The second-order valence-corrected chi connectivity index (χ2v) is 7.43. The van der Waals surface area contributed by atoms with Crippen LogP contribution < -0.4 is 16.4 Å². The molecular formula is C19H17N3O3S. The van der Waals surface area contributed by atoms with Gasteiger partial charge in [-0.15, -0.1) is 11.8 Å². The first-order chi connectivity index (χ1) is 12.5. The number of aromatic nitrogens is 2. The molecule has 132 valence electrons. The topological polar surface area (TPSA) is 84.0 Å². The molecule has 1 unspecified atom stereocenters. The monoisotopic (exact) mass is 367 g/mol. The first kappa shape index (κ1) is 16.7. The van der Waals surface area contributed by atoms with Crippen molar-refractivity contribution in [3.05, 3.63) is 68.7 Å². The molecule has 2 N–H and O–H groups in total. The van der Waals surface area contributed by atoms with Gasteiger partial charge in [0.05, 0.1) is 17.1 Å². The number of hydrogen-bond donors (Lipinski definition) is 2. The number of benzene rings is 2. The molecule has 1 aromatic heterocycles. The summed E-state index contributed by atoms with van der Waals surface area (Å²) in [6, 6.07) is 12.7. The van der Waals surface area contributed by atoms with Crippen molar-refractivity contribution in [3.63, 3.8) is 0 Å². The zero-order valence-corrected chi connectivity index (χ0v) is 14.9. The fourth-order valence-electron chi connectivity index (χ4n) is 3.29. The Kier molecular flexibility index (Phi) is 4.16. The first-order valence-electron chi connectivity index (χ1n) is 8.30. The molecule has 0 bridgehead atoms. The quantitative estimate of drug-likeness (QED) is 0.697. The van der Waals surface area contributed by atoms with E-state index < -0.39 is 11.1 Å². The number of amides is 1. The summed E-state index contributed by atoms with van der Waals surface area (Å²) in [4.78, 5) is 40.7. The maximum absolute atomic E-state index is 12.5. The number of aromatic amines is 1. The SMILES string of the molecule is Cc1cc2c3c(c1)[nH]c(=O)c(=O)n3C(CC(=O)Nc1ccccc1)CS2. The Hall–Kier alpha value is -2.80. The van der Waals surface area contributed by atoms with Crippen molar-refractivity contribution in [1.82, 2.24) is 9.55 Å². The van der Waals surface area contributed by atoms with Crippen LogP contribution in [0.3, 0.4) is 0 Å². The molecule has 1 atom stereocenters. The third kappa shape index (κ3) is 2.94. The number of aryl methyl sites for hydroxylation is 1. The highest BCUT2D eigenvalue weighted by atomic mass is 32.2. The zero-order chi connectivity index (χ0) is 18.3. The van der Waals surface area contributed by atoms with E-state index in [0.29, 0.717) is 22.5 Å². The number of para-hydroxylation sites is 1. The summed E-state index contributed by atoms with van der Waals surface area (Å²) < 4.78 is 1.49. The van der Waals surface area contributed by atoms with Crippen molar-refractivity contribution in [2.75, 3.05) is 11.1 Å². The van der Waals surface area contributed by atoms with Crippen LogP contribution in [0.1, 0.15) is 18.0 Å². The highest BCUT2D eigenvalue weighted by Crippen LogP contribution is 2.36. The minimum absolute atomic E-state index is 0.133. The second kappa shape index (κ2) is 6.49. The summed E-state index contributed by atoms with van der Waals surface area (Å²) in [6.07, 6.45) is 0.133. The van der Waals surface area contributed by atoms with Crippen LogP contribution in [0.5, 0.6) is 0 Å². The van der Waals surface area contributed by atoms with Gasteiger partial charge in [-0.3, -0.25) is 19.0 Å². The Bertz CT molecular complexity index is 1120. The molecule has 0 spiro atoms. The Morgan fingerprint density at radius 2 is 2.04 bits per heavy atom. The lowest BCUT2D eigenvalue weighted by Gasteiger charge is -2.27. The van der Waals surface area contributed by atoms with Gasteiger partial charge in [0.25, 0.3) is 0 Å². The van der Waals surface area contributed by atoms with Gasteiger partial charge in [-0.25, -0.2) is 0 Å². The summed E-state index contributed by atoms with van der Waals surface area (Å²) in [5, 5.41) is 2.84. The predicted molar refractivity (Wildman–Crippen MR) is 103 cm³/mol. The average molecular weight is 367 g/mol. The molecule has 1 aliphatic rings. The van der Waals surface area contributed by atoms with Crippen molar-refractivity contribution in [2.45, 2.75) is 24.3 Å². The Labute approximate surface area is 153 Å². The lowest BCUT2D eigenvalue weighted by atomic mass is 10.1. The minimum atomic E-state index is -0.658. The Balaban J connectivity index is 1.73. The molecule has 26 heavy (non-hydrogen) atoms. The molecule has 0 saturated carbocycles. The van der Waals surface area contributed by atoms with Crippen LogP contribution in [0.2, 0.25) is 0 Å². The van der Waals surface area contributed by atoms with Crippen molar-refractivity contribution >= 4 is 34.4 Å². The Morgan fingerprint density at radius 3 is 2.81 bits per heavy atom. The van der Waals surface area contributed by atoms with Gasteiger partial charge in [-0.1, -0.05) is 18.2 Å². The number of anilines is 1. The Morgan fingerprint density at radius 1 is 1.27 bits per heavy atom. The minimum Gasteiger partial charge on any atom is -0.326 e. The first-order valence-corrected chi connectivity index (χ1v) is 9.28. The second-order valence-electron chi connectivity index (χ2n) is 6.37. The van der Waals surface area contributed by atoms with E-state index in [2.05, 4.69) is 10.3 Å². The van der Waals surface area contributed by atoms with E-state index >= 15 is 0 Å². The van der Waals surface area contributed by atoms with E-state index in [1.165, 1.54) is 4.57 Å². The molecule has 0 fully saturated rings. The summed E-state index contributed by atoms with van der Waals surface area (Å²) in [6.45, 7) is 1.95.